The van der Waals surface area contributed by atoms with Crippen LogP contribution in [0.3, 0.4) is 0 Å². The van der Waals surface area contributed by atoms with Crippen molar-refractivity contribution >= 4 is 15.7 Å². The van der Waals surface area contributed by atoms with E-state index in [4.69, 9.17) is 28.4 Å². The molecule has 2 saturated heterocycles. The summed E-state index contributed by atoms with van der Waals surface area (Å²) in [5.41, 5.74) is 3.86. The number of sulfonamides is 1. The van der Waals surface area contributed by atoms with Crippen LogP contribution in [-0.4, -0.2) is 96.5 Å². The van der Waals surface area contributed by atoms with Crippen molar-refractivity contribution in [2.24, 2.45) is 0 Å². The van der Waals surface area contributed by atoms with Gasteiger partial charge in [-0.25, -0.2) is 13.4 Å². The van der Waals surface area contributed by atoms with Gasteiger partial charge in [-0.1, -0.05) is 0 Å². The van der Waals surface area contributed by atoms with Crippen LogP contribution in [-0.2, 0) is 42.2 Å². The van der Waals surface area contributed by atoms with E-state index in [-0.39, 0.29) is 30.0 Å². The third-order valence-electron chi connectivity index (χ3n) is 6.74. The van der Waals surface area contributed by atoms with Gasteiger partial charge in [0.05, 0.1) is 58.5 Å². The lowest BCUT2D eigenvalue weighted by molar-refractivity contribution is -0.119. The van der Waals surface area contributed by atoms with Crippen molar-refractivity contribution in [3.8, 4) is 22.8 Å². The van der Waals surface area contributed by atoms with Gasteiger partial charge in [0.25, 0.3) is 0 Å². The van der Waals surface area contributed by atoms with Crippen LogP contribution in [0.25, 0.3) is 11.1 Å². The topological polar surface area (TPSA) is 118 Å². The molecule has 202 valence electrons. The fourth-order valence-electron chi connectivity index (χ4n) is 4.60. The van der Waals surface area contributed by atoms with Crippen LogP contribution in [0, 0.1) is 0 Å². The van der Waals surface area contributed by atoms with Crippen molar-refractivity contribution in [2.45, 2.75) is 25.4 Å². The van der Waals surface area contributed by atoms with Crippen LogP contribution < -0.4 is 14.2 Å². The highest BCUT2D eigenvalue weighted by molar-refractivity contribution is 7.92. The highest BCUT2D eigenvalue weighted by atomic mass is 32.2. The molecule has 3 aliphatic rings. The molecule has 0 spiro atoms. The number of anilines is 1. The Kier molecular flexibility index (Phi) is 8.12. The summed E-state index contributed by atoms with van der Waals surface area (Å²) in [5, 5.41) is 0. The highest BCUT2D eigenvalue weighted by Crippen LogP contribution is 2.37. The summed E-state index contributed by atoms with van der Waals surface area (Å²) in [7, 11) is -0.743. The first-order valence-corrected chi connectivity index (χ1v) is 13.9. The number of aromatic nitrogens is 1. The predicted octanol–water partition coefficient (Wildman–Crippen LogP) is 1.65. The molecule has 0 unspecified atom stereocenters. The molecule has 0 radical (unpaired) electrons. The van der Waals surface area contributed by atoms with E-state index in [0.29, 0.717) is 32.5 Å². The highest BCUT2D eigenvalue weighted by Gasteiger charge is 2.31. The maximum absolute atomic E-state index is 12.5. The van der Waals surface area contributed by atoms with E-state index >= 15 is 0 Å². The Bertz CT molecular complexity index is 1200. The van der Waals surface area contributed by atoms with Crippen LogP contribution >= 0.6 is 0 Å². The Morgan fingerprint density at radius 2 is 2.00 bits per heavy atom. The number of pyridine rings is 1. The average molecular weight is 536 g/mol. The first kappa shape index (κ1) is 26.1. The molecule has 0 aliphatic carbocycles. The molecule has 0 bridgehead atoms. The van der Waals surface area contributed by atoms with Gasteiger partial charge in [0.15, 0.2) is 0 Å². The molecule has 3 aliphatic heterocycles. The van der Waals surface area contributed by atoms with Gasteiger partial charge in [-0.05, 0) is 29.3 Å². The van der Waals surface area contributed by atoms with E-state index in [1.807, 2.05) is 12.1 Å². The Morgan fingerprint density at radius 1 is 1.14 bits per heavy atom. The van der Waals surface area contributed by atoms with Crippen molar-refractivity contribution < 1.29 is 36.8 Å². The van der Waals surface area contributed by atoms with E-state index in [2.05, 4.69) is 14.6 Å². The van der Waals surface area contributed by atoms with Crippen molar-refractivity contribution in [3.05, 3.63) is 35.5 Å². The van der Waals surface area contributed by atoms with Gasteiger partial charge >= 0.3 is 0 Å². The Morgan fingerprint density at radius 3 is 2.76 bits per heavy atom. The number of ether oxygens (including phenoxy) is 6. The van der Waals surface area contributed by atoms with Crippen LogP contribution in [0.5, 0.6) is 11.6 Å². The third-order valence-corrected chi connectivity index (χ3v) is 7.97. The van der Waals surface area contributed by atoms with Crippen molar-refractivity contribution in [3.63, 3.8) is 0 Å². The lowest BCUT2D eigenvalue weighted by Crippen LogP contribution is -2.56. The number of hydrogen-bond donors (Lipinski definition) is 1. The van der Waals surface area contributed by atoms with Crippen LogP contribution in [0.4, 0.5) is 5.69 Å². The summed E-state index contributed by atoms with van der Waals surface area (Å²) in [4.78, 5) is 6.74. The second kappa shape index (κ2) is 11.5. The number of methoxy groups -OCH3 is 2. The van der Waals surface area contributed by atoms with Gasteiger partial charge < -0.3 is 28.4 Å². The van der Waals surface area contributed by atoms with Crippen LogP contribution in [0.15, 0.2) is 24.4 Å². The largest absolute Gasteiger partial charge is 0.490 e. The summed E-state index contributed by atoms with van der Waals surface area (Å²) in [6.07, 6.45) is 1.61. The molecule has 12 heteroatoms. The molecule has 4 heterocycles. The lowest BCUT2D eigenvalue weighted by atomic mass is 10.0. The van der Waals surface area contributed by atoms with E-state index in [0.717, 1.165) is 54.3 Å². The first-order valence-electron chi connectivity index (χ1n) is 12.3. The average Bonchev–Trinajstić information content (AvgIpc) is 3.34. The van der Waals surface area contributed by atoms with E-state index in [9.17, 15) is 8.42 Å². The van der Waals surface area contributed by atoms with Gasteiger partial charge in [0.2, 0.25) is 15.9 Å². The maximum Gasteiger partial charge on any atom is 0.238 e. The zero-order chi connectivity index (χ0) is 25.8. The molecule has 2 fully saturated rings. The molecule has 0 amide bonds. The second-order valence-corrected chi connectivity index (χ2v) is 11.1. The van der Waals surface area contributed by atoms with Gasteiger partial charge in [0.1, 0.15) is 24.1 Å². The normalized spacial score (nSPS) is 20.3. The van der Waals surface area contributed by atoms with Crippen LogP contribution in [0.2, 0.25) is 0 Å². The Labute approximate surface area is 217 Å². The molecule has 1 atom stereocenters. The van der Waals surface area contributed by atoms with Crippen molar-refractivity contribution in [2.75, 3.05) is 70.8 Å². The molecule has 11 nitrogen and oxygen atoms in total. The minimum absolute atomic E-state index is 0.0354. The molecular weight excluding hydrogens is 502 g/mol. The Balaban J connectivity index is 1.36. The minimum atomic E-state index is -3.64. The fourth-order valence-corrected chi connectivity index (χ4v) is 5.57. The van der Waals surface area contributed by atoms with Gasteiger partial charge in [-0.3, -0.25) is 9.62 Å². The number of fused-ring (bicyclic) bond motifs is 1. The maximum atomic E-state index is 12.5. The number of nitrogens with zero attached hydrogens (tertiary/aromatic N) is 2. The standard InChI is InChI=1S/C25H33N3O8S/c1-31-5-6-37(29,30)27-23-8-18(10-26-25(23)32-2)17-7-19-12-33-16-22(19)24(9-17)36-15-21-11-28(3-4-35-21)20-13-34-14-20/h7-10,20-21,27H,3-6,11-16H2,1-2H3/t21-/m0/s1. The molecule has 37 heavy (non-hydrogen) atoms. The summed E-state index contributed by atoms with van der Waals surface area (Å²) in [6, 6.07) is 6.15. The van der Waals surface area contributed by atoms with Gasteiger partial charge in [-0.2, -0.15) is 0 Å². The van der Waals surface area contributed by atoms with E-state index in [1.165, 1.54) is 14.2 Å². The summed E-state index contributed by atoms with van der Waals surface area (Å²) in [6.45, 7) is 5.40. The molecular formula is C25H33N3O8S. The molecule has 5 rings (SSSR count). The summed E-state index contributed by atoms with van der Waals surface area (Å²) < 4.78 is 61.0. The van der Waals surface area contributed by atoms with Crippen molar-refractivity contribution in [1.82, 2.24) is 9.88 Å². The Hall–Kier alpha value is -2.48. The summed E-state index contributed by atoms with van der Waals surface area (Å²) in [5.74, 6) is 0.733. The van der Waals surface area contributed by atoms with Crippen LogP contribution in [0.1, 0.15) is 11.1 Å². The smallest absolute Gasteiger partial charge is 0.238 e. The third kappa shape index (κ3) is 6.16. The molecule has 1 aromatic heterocycles. The fraction of sp³-hybridized carbons (Fsp3) is 0.560. The number of hydrogen-bond acceptors (Lipinski definition) is 10. The zero-order valence-corrected chi connectivity index (χ0v) is 21.9. The van der Waals surface area contributed by atoms with E-state index < -0.39 is 10.0 Å². The number of rotatable bonds is 11. The molecule has 0 saturated carbocycles. The van der Waals surface area contributed by atoms with Gasteiger partial charge in [-0.15, -0.1) is 0 Å². The second-order valence-electron chi connectivity index (χ2n) is 9.29. The summed E-state index contributed by atoms with van der Waals surface area (Å²) >= 11 is 0. The predicted molar refractivity (Wildman–Crippen MR) is 135 cm³/mol. The van der Waals surface area contributed by atoms with E-state index in [1.54, 1.807) is 12.3 Å². The number of benzene rings is 1. The SMILES string of the molecule is COCCS(=O)(=O)Nc1cc(-c2cc3c(c(OC[C@@H]4CN(C5COC5)CCO4)c2)COC3)cnc1OC. The van der Waals surface area contributed by atoms with Crippen molar-refractivity contribution in [1.29, 1.82) is 0 Å². The zero-order valence-electron chi connectivity index (χ0n) is 21.1. The molecule has 1 aromatic carbocycles. The molecule has 1 N–H and O–H groups in total. The number of nitrogens with one attached hydrogen (secondary N) is 1. The minimum Gasteiger partial charge on any atom is -0.490 e. The lowest BCUT2D eigenvalue weighted by Gasteiger charge is -2.41. The monoisotopic (exact) mass is 535 g/mol. The molecule has 2 aromatic rings. The van der Waals surface area contributed by atoms with Gasteiger partial charge in [0, 0.05) is 37.5 Å². The quantitative estimate of drug-likeness (QED) is 0.455. The number of morpholine rings is 1. The first-order chi connectivity index (χ1) is 18.0.